The van der Waals surface area contributed by atoms with Crippen LogP contribution in [0.3, 0.4) is 0 Å². The van der Waals surface area contributed by atoms with Crippen LogP contribution < -0.4 is 15.4 Å². The summed E-state index contributed by atoms with van der Waals surface area (Å²) >= 11 is 0. The molecule has 0 spiro atoms. The zero-order valence-electron chi connectivity index (χ0n) is 16.7. The Kier molecular flexibility index (Phi) is 3.77. The normalized spacial score (nSPS) is 31.8. The van der Waals surface area contributed by atoms with Gasteiger partial charge in [0.05, 0.1) is 12.6 Å². The van der Waals surface area contributed by atoms with Gasteiger partial charge in [0.25, 0.3) is 0 Å². The first kappa shape index (κ1) is 16.9. The van der Waals surface area contributed by atoms with E-state index in [0.717, 1.165) is 53.2 Å². The minimum Gasteiger partial charge on any atom is -0.497 e. The molecular weight excluding hydrogens is 348 g/mol. The summed E-state index contributed by atoms with van der Waals surface area (Å²) in [5, 5.41) is 1.04. The van der Waals surface area contributed by atoms with Crippen molar-refractivity contribution in [2.75, 3.05) is 37.4 Å². The van der Waals surface area contributed by atoms with E-state index in [9.17, 15) is 0 Å². The summed E-state index contributed by atoms with van der Waals surface area (Å²) in [5.41, 5.74) is 9.85. The van der Waals surface area contributed by atoms with E-state index in [1.54, 1.807) is 7.11 Å². The van der Waals surface area contributed by atoms with Crippen molar-refractivity contribution in [3.8, 4) is 5.75 Å². The van der Waals surface area contributed by atoms with E-state index >= 15 is 0 Å². The molecule has 148 valence electrons. The van der Waals surface area contributed by atoms with Crippen LogP contribution in [-0.4, -0.2) is 48.7 Å². The van der Waals surface area contributed by atoms with Gasteiger partial charge < -0.3 is 15.4 Å². The summed E-state index contributed by atoms with van der Waals surface area (Å²) < 4.78 is 5.41. The molecular formula is C23H30N4O. The molecule has 2 N–H and O–H groups in total. The molecule has 2 aromatic rings. The number of methoxy groups -OCH3 is 1. The van der Waals surface area contributed by atoms with Crippen molar-refractivity contribution in [3.05, 3.63) is 23.8 Å². The molecule has 3 fully saturated rings. The van der Waals surface area contributed by atoms with E-state index in [-0.39, 0.29) is 0 Å². The molecule has 6 rings (SSSR count). The Labute approximate surface area is 166 Å². The fraction of sp³-hybridized carbons (Fsp3) is 0.609. The summed E-state index contributed by atoms with van der Waals surface area (Å²) in [7, 11) is 1.70. The van der Waals surface area contributed by atoms with Crippen LogP contribution in [0.25, 0.3) is 10.9 Å². The van der Waals surface area contributed by atoms with E-state index in [4.69, 9.17) is 15.5 Å². The lowest BCUT2D eigenvalue weighted by Gasteiger charge is -2.59. The average molecular weight is 379 g/mol. The molecule has 28 heavy (non-hydrogen) atoms. The van der Waals surface area contributed by atoms with Crippen molar-refractivity contribution < 1.29 is 4.74 Å². The molecule has 0 unspecified atom stereocenters. The Hall–Kier alpha value is -2.01. The standard InChI is InChI=1S/C23H30N4O/c1-28-15-6-8-19-18(12-15)21(24)17-7-9-20-16-5-3-11-26-10-2-4-14(22(16)26)13-27(20)23(17)25-19/h6,8,12,14,16,20,22H,2-5,7,9-11,13H2,1H3,(H2,24,25)/t14-,16+,20+,22-/m0/s1. The van der Waals surface area contributed by atoms with E-state index in [2.05, 4.69) is 15.9 Å². The summed E-state index contributed by atoms with van der Waals surface area (Å²) in [5.74, 6) is 3.61. The van der Waals surface area contributed by atoms with Crippen molar-refractivity contribution in [1.82, 2.24) is 9.88 Å². The van der Waals surface area contributed by atoms with Gasteiger partial charge in [-0.15, -0.1) is 0 Å². The molecule has 3 saturated heterocycles. The number of hydrogen-bond acceptors (Lipinski definition) is 5. The third kappa shape index (κ3) is 2.32. The van der Waals surface area contributed by atoms with E-state index in [1.807, 2.05) is 12.1 Å². The number of nitrogen functional groups attached to an aromatic ring is 1. The lowest BCUT2D eigenvalue weighted by Crippen LogP contribution is -2.65. The van der Waals surface area contributed by atoms with Gasteiger partial charge in [-0.2, -0.15) is 0 Å². The number of nitrogens with zero attached hydrogens (tertiary/aromatic N) is 3. The van der Waals surface area contributed by atoms with E-state index < -0.39 is 0 Å². The first-order valence-electron chi connectivity index (χ1n) is 11.0. The predicted molar refractivity (Wildman–Crippen MR) is 113 cm³/mol. The predicted octanol–water partition coefficient (Wildman–Crippen LogP) is 3.45. The Morgan fingerprint density at radius 1 is 1.14 bits per heavy atom. The zero-order valence-corrected chi connectivity index (χ0v) is 16.7. The number of fused-ring (bicyclic) bond motifs is 5. The lowest BCUT2D eigenvalue weighted by atomic mass is 9.68. The fourth-order valence-electron chi connectivity index (χ4n) is 6.80. The number of hydrogen-bond donors (Lipinski definition) is 1. The van der Waals surface area contributed by atoms with Crippen molar-refractivity contribution in [2.24, 2.45) is 11.8 Å². The third-order valence-electron chi connectivity index (χ3n) is 7.95. The maximum absolute atomic E-state index is 6.69. The SMILES string of the molecule is COc1ccc2nc3c(c(N)c2c1)CC[C@@H]1[C@H]2CCCN4CCC[C@@H](CN31)[C@@H]24. The van der Waals surface area contributed by atoms with Crippen LogP contribution in [0.5, 0.6) is 5.75 Å². The van der Waals surface area contributed by atoms with Gasteiger partial charge in [-0.25, -0.2) is 4.98 Å². The highest BCUT2D eigenvalue weighted by atomic mass is 16.5. The van der Waals surface area contributed by atoms with Gasteiger partial charge >= 0.3 is 0 Å². The molecule has 4 atom stereocenters. The van der Waals surface area contributed by atoms with Crippen LogP contribution in [0.15, 0.2) is 18.2 Å². The highest BCUT2D eigenvalue weighted by Gasteiger charge is 2.50. The average Bonchev–Trinajstić information content (AvgIpc) is 2.74. The van der Waals surface area contributed by atoms with Gasteiger partial charge in [0, 0.05) is 35.3 Å². The molecule has 0 saturated carbocycles. The van der Waals surface area contributed by atoms with Crippen molar-refractivity contribution in [2.45, 2.75) is 50.6 Å². The largest absolute Gasteiger partial charge is 0.497 e. The summed E-state index contributed by atoms with van der Waals surface area (Å²) in [6.45, 7) is 3.79. The van der Waals surface area contributed by atoms with Crippen molar-refractivity contribution in [3.63, 3.8) is 0 Å². The second-order valence-corrected chi connectivity index (χ2v) is 9.20. The maximum atomic E-state index is 6.69. The van der Waals surface area contributed by atoms with Gasteiger partial charge in [-0.3, -0.25) is 4.90 Å². The molecule has 0 aliphatic carbocycles. The molecule has 4 aliphatic rings. The summed E-state index contributed by atoms with van der Waals surface area (Å²) in [6, 6.07) is 7.54. The smallest absolute Gasteiger partial charge is 0.134 e. The number of nitrogens with two attached hydrogens (primary N) is 1. The molecule has 5 heteroatoms. The van der Waals surface area contributed by atoms with Crippen LogP contribution in [0.4, 0.5) is 11.5 Å². The molecule has 0 bridgehead atoms. The second-order valence-electron chi connectivity index (χ2n) is 9.20. The molecule has 1 aromatic heterocycles. The van der Waals surface area contributed by atoms with Gasteiger partial charge in [-0.1, -0.05) is 0 Å². The van der Waals surface area contributed by atoms with Gasteiger partial charge in [0.15, 0.2) is 0 Å². The number of piperidine rings is 3. The molecule has 0 radical (unpaired) electrons. The topological polar surface area (TPSA) is 54.6 Å². The molecule has 5 nitrogen and oxygen atoms in total. The van der Waals surface area contributed by atoms with Gasteiger partial charge in [0.1, 0.15) is 11.6 Å². The first-order valence-corrected chi connectivity index (χ1v) is 11.0. The van der Waals surface area contributed by atoms with Gasteiger partial charge in [0.2, 0.25) is 0 Å². The second kappa shape index (κ2) is 6.24. The summed E-state index contributed by atoms with van der Waals surface area (Å²) in [4.78, 5) is 10.6. The third-order valence-corrected chi connectivity index (χ3v) is 7.95. The van der Waals surface area contributed by atoms with Crippen LogP contribution in [0, 0.1) is 11.8 Å². The molecule has 1 aromatic carbocycles. The van der Waals surface area contributed by atoms with Crippen LogP contribution in [-0.2, 0) is 6.42 Å². The number of pyridine rings is 1. The monoisotopic (exact) mass is 378 g/mol. The fourth-order valence-corrected chi connectivity index (χ4v) is 6.80. The Morgan fingerprint density at radius 3 is 2.86 bits per heavy atom. The summed E-state index contributed by atoms with van der Waals surface area (Å²) in [6.07, 6.45) is 7.74. The number of rotatable bonds is 1. The van der Waals surface area contributed by atoms with Crippen molar-refractivity contribution >= 4 is 22.4 Å². The number of benzene rings is 1. The number of ether oxygens (including phenoxy) is 1. The van der Waals surface area contributed by atoms with Crippen LogP contribution in [0.2, 0.25) is 0 Å². The van der Waals surface area contributed by atoms with Crippen molar-refractivity contribution in [1.29, 1.82) is 0 Å². The Morgan fingerprint density at radius 2 is 2.00 bits per heavy atom. The van der Waals surface area contributed by atoms with Gasteiger partial charge in [-0.05, 0) is 81.6 Å². The maximum Gasteiger partial charge on any atom is 0.134 e. The van der Waals surface area contributed by atoms with Crippen LogP contribution in [0.1, 0.15) is 37.7 Å². The highest BCUT2D eigenvalue weighted by Crippen LogP contribution is 2.48. The first-order chi connectivity index (χ1) is 13.7. The lowest BCUT2D eigenvalue weighted by molar-refractivity contribution is -0.0142. The minimum atomic E-state index is 0.636. The quantitative estimate of drug-likeness (QED) is 0.824. The Balaban J connectivity index is 1.45. The number of aromatic nitrogens is 1. The molecule has 5 heterocycles. The van der Waals surface area contributed by atoms with E-state index in [1.165, 1.54) is 56.6 Å². The Bertz CT molecular complexity index is 926. The zero-order chi connectivity index (χ0) is 18.8. The number of anilines is 2. The van der Waals surface area contributed by atoms with Crippen LogP contribution >= 0.6 is 0 Å². The highest BCUT2D eigenvalue weighted by molar-refractivity contribution is 5.95. The molecule has 0 amide bonds. The van der Waals surface area contributed by atoms with E-state index in [0.29, 0.717) is 6.04 Å². The minimum absolute atomic E-state index is 0.636. The molecule has 4 aliphatic heterocycles.